The third kappa shape index (κ3) is 2.00. The molecule has 0 unspecified atom stereocenters. The monoisotopic (exact) mass is 235 g/mol. The van der Waals surface area contributed by atoms with Gasteiger partial charge in [0.25, 0.3) is 0 Å². The molecule has 0 bridgehead atoms. The van der Waals surface area contributed by atoms with Gasteiger partial charge < -0.3 is 4.74 Å². The number of benzene rings is 1. The van der Waals surface area contributed by atoms with Crippen molar-refractivity contribution in [3.63, 3.8) is 0 Å². The van der Waals surface area contributed by atoms with Crippen LogP contribution in [0.15, 0.2) is 23.6 Å². The van der Waals surface area contributed by atoms with Crippen LogP contribution in [0.1, 0.15) is 5.56 Å². The predicted molar refractivity (Wildman–Crippen MR) is 66.6 cm³/mol. The number of nitrogens with one attached hydrogen (secondary N) is 1. The van der Waals surface area contributed by atoms with Crippen LogP contribution in [-0.4, -0.2) is 12.1 Å². The molecule has 0 radical (unpaired) electrons. The second kappa shape index (κ2) is 4.51. The van der Waals surface area contributed by atoms with Crippen LogP contribution in [0.2, 0.25) is 0 Å². The van der Waals surface area contributed by atoms with Crippen LogP contribution in [0, 0.1) is 6.92 Å². The van der Waals surface area contributed by atoms with Crippen molar-refractivity contribution < 1.29 is 4.74 Å². The van der Waals surface area contributed by atoms with Crippen molar-refractivity contribution in [3.05, 3.63) is 29.1 Å². The molecule has 0 fully saturated rings. The first kappa shape index (κ1) is 10.9. The number of rotatable bonds is 3. The van der Waals surface area contributed by atoms with E-state index in [9.17, 15) is 0 Å². The van der Waals surface area contributed by atoms with Gasteiger partial charge in [-0.2, -0.15) is 0 Å². The lowest BCUT2D eigenvalue weighted by Crippen LogP contribution is -2.05. The SMILES string of the molecule is COc1ccc(-c2csc(NN)n2)cc1C. The molecule has 0 spiro atoms. The number of methoxy groups -OCH3 is 1. The maximum atomic E-state index is 5.29. The quantitative estimate of drug-likeness (QED) is 0.633. The van der Waals surface area contributed by atoms with Crippen LogP contribution >= 0.6 is 11.3 Å². The van der Waals surface area contributed by atoms with E-state index in [1.54, 1.807) is 7.11 Å². The average molecular weight is 235 g/mol. The molecule has 0 aliphatic rings. The van der Waals surface area contributed by atoms with E-state index in [4.69, 9.17) is 10.6 Å². The van der Waals surface area contributed by atoms with Crippen LogP contribution < -0.4 is 16.0 Å². The van der Waals surface area contributed by atoms with E-state index in [1.807, 2.05) is 30.5 Å². The largest absolute Gasteiger partial charge is 0.496 e. The van der Waals surface area contributed by atoms with Gasteiger partial charge in [0, 0.05) is 10.9 Å². The first-order chi connectivity index (χ1) is 7.74. The molecule has 0 aliphatic carbocycles. The van der Waals surface area contributed by atoms with Crippen molar-refractivity contribution in [1.82, 2.24) is 4.98 Å². The summed E-state index contributed by atoms with van der Waals surface area (Å²) in [5, 5.41) is 2.68. The number of aryl methyl sites for hydroxylation is 1. The van der Waals surface area contributed by atoms with Gasteiger partial charge in [0.05, 0.1) is 12.8 Å². The molecule has 4 nitrogen and oxygen atoms in total. The topological polar surface area (TPSA) is 60.2 Å². The maximum Gasteiger partial charge on any atom is 0.197 e. The number of aromatic nitrogens is 1. The van der Waals surface area contributed by atoms with Crippen LogP contribution in [0.5, 0.6) is 5.75 Å². The average Bonchev–Trinajstić information content (AvgIpc) is 2.77. The third-order valence-corrected chi connectivity index (χ3v) is 3.09. The second-order valence-electron chi connectivity index (χ2n) is 3.37. The van der Waals surface area contributed by atoms with E-state index < -0.39 is 0 Å². The fraction of sp³-hybridized carbons (Fsp3) is 0.182. The summed E-state index contributed by atoms with van der Waals surface area (Å²) in [6.07, 6.45) is 0. The van der Waals surface area contributed by atoms with Crippen molar-refractivity contribution in [2.75, 3.05) is 12.5 Å². The molecular formula is C11H13N3OS. The Labute approximate surface area is 98.1 Å². The van der Waals surface area contributed by atoms with Crippen molar-refractivity contribution in [2.24, 2.45) is 5.84 Å². The Morgan fingerprint density at radius 3 is 2.81 bits per heavy atom. The number of hydrazine groups is 1. The number of hydrogen-bond acceptors (Lipinski definition) is 5. The minimum Gasteiger partial charge on any atom is -0.496 e. The molecule has 0 saturated heterocycles. The lowest BCUT2D eigenvalue weighted by Gasteiger charge is -2.05. The zero-order valence-corrected chi connectivity index (χ0v) is 9.97. The number of anilines is 1. The van der Waals surface area contributed by atoms with Gasteiger partial charge in [-0.3, -0.25) is 5.43 Å². The standard InChI is InChI=1S/C11H13N3OS/c1-7-5-8(3-4-10(7)15-2)9-6-16-11(13-9)14-12/h3-6H,12H2,1-2H3,(H,13,14). The molecule has 1 aromatic carbocycles. The molecule has 2 aromatic rings. The van der Waals surface area contributed by atoms with Crippen LogP contribution in [-0.2, 0) is 0 Å². The number of thiazole rings is 1. The molecule has 16 heavy (non-hydrogen) atoms. The summed E-state index contributed by atoms with van der Waals surface area (Å²) in [5.41, 5.74) is 5.62. The first-order valence-corrected chi connectivity index (χ1v) is 5.69. The highest BCUT2D eigenvalue weighted by Gasteiger charge is 2.05. The molecule has 0 saturated carbocycles. The number of nitrogens with zero attached hydrogens (tertiary/aromatic N) is 1. The highest BCUT2D eigenvalue weighted by atomic mass is 32.1. The number of hydrogen-bond donors (Lipinski definition) is 2. The Balaban J connectivity index is 2.37. The van der Waals surface area contributed by atoms with E-state index >= 15 is 0 Å². The minimum absolute atomic E-state index is 0.712. The summed E-state index contributed by atoms with van der Waals surface area (Å²) < 4.78 is 5.21. The number of nitrogens with two attached hydrogens (primary N) is 1. The van der Waals surface area contributed by atoms with Crippen molar-refractivity contribution in [2.45, 2.75) is 6.92 Å². The lowest BCUT2D eigenvalue weighted by atomic mass is 10.1. The number of nitrogen functional groups attached to an aromatic ring is 1. The first-order valence-electron chi connectivity index (χ1n) is 4.81. The van der Waals surface area contributed by atoms with E-state index in [0.717, 1.165) is 22.6 Å². The number of ether oxygens (including phenoxy) is 1. The molecule has 5 heteroatoms. The minimum atomic E-state index is 0.712. The molecule has 0 aliphatic heterocycles. The molecule has 3 N–H and O–H groups in total. The molecule has 1 aromatic heterocycles. The van der Waals surface area contributed by atoms with Gasteiger partial charge in [-0.05, 0) is 30.7 Å². The summed E-state index contributed by atoms with van der Waals surface area (Å²) in [5.74, 6) is 6.18. The van der Waals surface area contributed by atoms with Gasteiger partial charge >= 0.3 is 0 Å². The highest BCUT2D eigenvalue weighted by Crippen LogP contribution is 2.28. The predicted octanol–water partition coefficient (Wildman–Crippen LogP) is 2.41. The fourth-order valence-corrected chi connectivity index (χ4v) is 2.14. The van der Waals surface area contributed by atoms with Crippen LogP contribution in [0.3, 0.4) is 0 Å². The highest BCUT2D eigenvalue weighted by molar-refractivity contribution is 7.14. The van der Waals surface area contributed by atoms with Gasteiger partial charge in [-0.1, -0.05) is 0 Å². The molecule has 0 amide bonds. The maximum absolute atomic E-state index is 5.29. The lowest BCUT2D eigenvalue weighted by molar-refractivity contribution is 0.412. The molecule has 1 heterocycles. The summed E-state index contributed by atoms with van der Waals surface area (Å²) in [6.45, 7) is 2.01. The Hall–Kier alpha value is -1.59. The van der Waals surface area contributed by atoms with Gasteiger partial charge in [0.2, 0.25) is 0 Å². The second-order valence-corrected chi connectivity index (χ2v) is 4.22. The van der Waals surface area contributed by atoms with Crippen molar-refractivity contribution in [1.29, 1.82) is 0 Å². The van der Waals surface area contributed by atoms with Gasteiger partial charge in [0.15, 0.2) is 5.13 Å². The van der Waals surface area contributed by atoms with Crippen LogP contribution in [0.25, 0.3) is 11.3 Å². The fourth-order valence-electron chi connectivity index (χ4n) is 1.51. The van der Waals surface area contributed by atoms with E-state index in [1.165, 1.54) is 11.3 Å². The molecule has 84 valence electrons. The smallest absolute Gasteiger partial charge is 0.197 e. The normalized spacial score (nSPS) is 10.2. The Bertz CT molecular complexity index is 496. The Morgan fingerprint density at radius 2 is 2.25 bits per heavy atom. The summed E-state index contributed by atoms with van der Waals surface area (Å²) in [6, 6.07) is 5.98. The molecular weight excluding hydrogens is 222 g/mol. The molecule has 0 atom stereocenters. The zero-order valence-electron chi connectivity index (χ0n) is 9.15. The van der Waals surface area contributed by atoms with Gasteiger partial charge in [-0.15, -0.1) is 11.3 Å². The van der Waals surface area contributed by atoms with Crippen LogP contribution in [0.4, 0.5) is 5.13 Å². The van der Waals surface area contributed by atoms with E-state index in [-0.39, 0.29) is 0 Å². The van der Waals surface area contributed by atoms with E-state index in [0.29, 0.717) is 5.13 Å². The summed E-state index contributed by atoms with van der Waals surface area (Å²) >= 11 is 1.48. The molecule has 2 rings (SSSR count). The summed E-state index contributed by atoms with van der Waals surface area (Å²) in [4.78, 5) is 4.34. The van der Waals surface area contributed by atoms with Crippen molar-refractivity contribution in [3.8, 4) is 17.0 Å². The zero-order chi connectivity index (χ0) is 11.5. The van der Waals surface area contributed by atoms with Gasteiger partial charge in [-0.25, -0.2) is 10.8 Å². The Morgan fingerprint density at radius 1 is 1.44 bits per heavy atom. The third-order valence-electron chi connectivity index (χ3n) is 2.32. The summed E-state index contributed by atoms with van der Waals surface area (Å²) in [7, 11) is 1.67. The van der Waals surface area contributed by atoms with Gasteiger partial charge in [0.1, 0.15) is 5.75 Å². The Kier molecular flexibility index (Phi) is 3.07. The van der Waals surface area contributed by atoms with E-state index in [2.05, 4.69) is 10.4 Å². The van der Waals surface area contributed by atoms with Crippen molar-refractivity contribution >= 4 is 16.5 Å².